The fourth-order valence-electron chi connectivity index (χ4n) is 2.30. The first kappa shape index (κ1) is 18.0. The summed E-state index contributed by atoms with van der Waals surface area (Å²) in [5.41, 5.74) is 8.14. The second-order valence-electron chi connectivity index (χ2n) is 4.74. The topological polar surface area (TPSA) is 52.3 Å². The molecule has 0 aliphatic heterocycles. The zero-order valence-corrected chi connectivity index (χ0v) is 13.0. The number of carbonyl (C=O) groups is 1. The molecule has 0 fully saturated rings. The van der Waals surface area contributed by atoms with Crippen molar-refractivity contribution in [2.24, 2.45) is 5.73 Å². The second kappa shape index (κ2) is 9.03. The minimum absolute atomic E-state index is 0. The van der Waals surface area contributed by atoms with Gasteiger partial charge in [-0.2, -0.15) is 0 Å². The number of esters is 1. The lowest BCUT2D eigenvalue weighted by atomic mass is 9.85. The van der Waals surface area contributed by atoms with E-state index in [1.165, 1.54) is 6.08 Å². The van der Waals surface area contributed by atoms with Crippen LogP contribution in [0.5, 0.6) is 0 Å². The zero-order chi connectivity index (χ0) is 15.1. The number of ether oxygens (including phenoxy) is 1. The summed E-state index contributed by atoms with van der Waals surface area (Å²) in [5.74, 6) is -0.655. The Balaban J connectivity index is 0.00000242. The molecule has 0 aliphatic carbocycles. The Morgan fingerprint density at radius 2 is 1.50 bits per heavy atom. The molecule has 0 bridgehead atoms. The predicted molar refractivity (Wildman–Crippen MR) is 91.1 cm³/mol. The first-order chi connectivity index (χ1) is 10.2. The molecule has 1 unspecified atom stereocenters. The van der Waals surface area contributed by atoms with Crippen molar-refractivity contribution in [3.63, 3.8) is 0 Å². The molecule has 0 amide bonds. The molecular weight excluding hydrogens is 298 g/mol. The van der Waals surface area contributed by atoms with Crippen LogP contribution in [0, 0.1) is 0 Å². The Morgan fingerprint density at radius 1 is 1.05 bits per heavy atom. The van der Waals surface area contributed by atoms with Gasteiger partial charge in [0.05, 0.1) is 0 Å². The number of hydrogen-bond donors (Lipinski definition) is 1. The fourth-order valence-corrected chi connectivity index (χ4v) is 2.30. The summed E-state index contributed by atoms with van der Waals surface area (Å²) in [5, 5.41) is 0. The molecule has 2 N–H and O–H groups in total. The van der Waals surface area contributed by atoms with Crippen LogP contribution in [0.25, 0.3) is 0 Å². The smallest absolute Gasteiger partial charge is 0.324 e. The molecule has 116 valence electrons. The van der Waals surface area contributed by atoms with Gasteiger partial charge in [0.2, 0.25) is 0 Å². The van der Waals surface area contributed by atoms with Crippen molar-refractivity contribution in [1.82, 2.24) is 0 Å². The van der Waals surface area contributed by atoms with Gasteiger partial charge in [0, 0.05) is 5.92 Å². The molecule has 0 aromatic heterocycles. The summed E-state index contributed by atoms with van der Waals surface area (Å²) in [6, 6.07) is 18.8. The number of halogens is 1. The third-order valence-electron chi connectivity index (χ3n) is 3.29. The average molecular weight is 318 g/mol. The van der Waals surface area contributed by atoms with E-state index < -0.39 is 12.0 Å². The molecule has 1 atom stereocenters. The van der Waals surface area contributed by atoms with E-state index in [1.807, 2.05) is 60.7 Å². The second-order valence-corrected chi connectivity index (χ2v) is 4.74. The van der Waals surface area contributed by atoms with E-state index in [4.69, 9.17) is 10.5 Å². The van der Waals surface area contributed by atoms with Gasteiger partial charge in [-0.05, 0) is 11.1 Å². The van der Waals surface area contributed by atoms with E-state index in [0.717, 1.165) is 11.1 Å². The first-order valence-corrected chi connectivity index (χ1v) is 6.87. The van der Waals surface area contributed by atoms with Crippen molar-refractivity contribution < 1.29 is 9.53 Å². The van der Waals surface area contributed by atoms with E-state index in [1.54, 1.807) is 0 Å². The number of carbonyl (C=O) groups excluding carboxylic acids is 1. The highest BCUT2D eigenvalue weighted by molar-refractivity contribution is 5.85. The maximum absolute atomic E-state index is 12.1. The molecule has 2 aromatic rings. The summed E-state index contributed by atoms with van der Waals surface area (Å²) in [4.78, 5) is 12.1. The van der Waals surface area contributed by atoms with Crippen LogP contribution >= 0.6 is 12.4 Å². The highest BCUT2D eigenvalue weighted by atomic mass is 35.5. The molecular formula is C18H20ClNO2. The molecule has 0 aliphatic rings. The van der Waals surface area contributed by atoms with Gasteiger partial charge in [-0.25, -0.2) is 0 Å². The number of nitrogens with two attached hydrogens (primary N) is 1. The van der Waals surface area contributed by atoms with Crippen LogP contribution in [-0.2, 0) is 9.53 Å². The Morgan fingerprint density at radius 3 is 1.91 bits per heavy atom. The standard InChI is InChI=1S/C18H19NO2.ClH/c1-2-13-21-18(20)17(19)16(14-9-5-3-6-10-14)15-11-7-4-8-12-15;/h2-12,16-17H,1,13,19H2;1H. The normalized spacial score (nSPS) is 11.4. The van der Waals surface area contributed by atoms with E-state index in [2.05, 4.69) is 6.58 Å². The number of hydrogen-bond acceptors (Lipinski definition) is 3. The van der Waals surface area contributed by atoms with Crippen LogP contribution in [0.4, 0.5) is 0 Å². The maximum atomic E-state index is 12.1. The largest absolute Gasteiger partial charge is 0.460 e. The quantitative estimate of drug-likeness (QED) is 0.657. The molecule has 22 heavy (non-hydrogen) atoms. The van der Waals surface area contributed by atoms with Crippen LogP contribution in [0.15, 0.2) is 73.3 Å². The summed E-state index contributed by atoms with van der Waals surface area (Å²) in [6.45, 7) is 3.70. The molecule has 4 heteroatoms. The Labute approximate surface area is 137 Å². The predicted octanol–water partition coefficient (Wildman–Crippen LogP) is 3.30. The van der Waals surface area contributed by atoms with Crippen LogP contribution < -0.4 is 5.73 Å². The maximum Gasteiger partial charge on any atom is 0.324 e. The molecule has 0 heterocycles. The third kappa shape index (κ3) is 4.45. The highest BCUT2D eigenvalue weighted by Crippen LogP contribution is 2.27. The van der Waals surface area contributed by atoms with Gasteiger partial charge in [0.15, 0.2) is 0 Å². The Kier molecular flexibility index (Phi) is 7.37. The monoisotopic (exact) mass is 317 g/mol. The molecule has 0 saturated carbocycles. The van der Waals surface area contributed by atoms with Crippen molar-refractivity contribution in [1.29, 1.82) is 0 Å². The highest BCUT2D eigenvalue weighted by Gasteiger charge is 2.28. The van der Waals surface area contributed by atoms with E-state index in [-0.39, 0.29) is 24.9 Å². The van der Waals surface area contributed by atoms with Crippen molar-refractivity contribution >= 4 is 18.4 Å². The van der Waals surface area contributed by atoms with Crippen molar-refractivity contribution in [3.05, 3.63) is 84.4 Å². The molecule has 2 rings (SSSR count). The minimum Gasteiger partial charge on any atom is -0.460 e. The molecule has 3 nitrogen and oxygen atoms in total. The van der Waals surface area contributed by atoms with Gasteiger partial charge in [-0.15, -0.1) is 12.4 Å². The van der Waals surface area contributed by atoms with Gasteiger partial charge in [-0.1, -0.05) is 73.3 Å². The lowest BCUT2D eigenvalue weighted by Crippen LogP contribution is -2.38. The third-order valence-corrected chi connectivity index (χ3v) is 3.29. The van der Waals surface area contributed by atoms with Crippen molar-refractivity contribution in [2.75, 3.05) is 6.61 Å². The lowest BCUT2D eigenvalue weighted by Gasteiger charge is -2.23. The van der Waals surface area contributed by atoms with Crippen molar-refractivity contribution in [2.45, 2.75) is 12.0 Å². The SMILES string of the molecule is C=CCOC(=O)C(N)C(c1ccccc1)c1ccccc1.Cl. The molecule has 2 aromatic carbocycles. The summed E-state index contributed by atoms with van der Waals surface area (Å²) in [6.07, 6.45) is 1.53. The first-order valence-electron chi connectivity index (χ1n) is 6.87. The van der Waals surface area contributed by atoms with Crippen LogP contribution in [0.2, 0.25) is 0 Å². The number of benzene rings is 2. The van der Waals surface area contributed by atoms with Gasteiger partial charge >= 0.3 is 5.97 Å². The Hall–Kier alpha value is -2.10. The average Bonchev–Trinajstić information content (AvgIpc) is 2.54. The summed E-state index contributed by atoms with van der Waals surface area (Å²) >= 11 is 0. The van der Waals surface area contributed by atoms with Crippen molar-refractivity contribution in [3.8, 4) is 0 Å². The van der Waals surface area contributed by atoms with E-state index in [0.29, 0.717) is 0 Å². The van der Waals surface area contributed by atoms with Gasteiger partial charge in [-0.3, -0.25) is 4.79 Å². The van der Waals surface area contributed by atoms with Crippen LogP contribution in [0.3, 0.4) is 0 Å². The number of rotatable bonds is 6. The lowest BCUT2D eigenvalue weighted by molar-refractivity contribution is -0.144. The fraction of sp³-hybridized carbons (Fsp3) is 0.167. The van der Waals surface area contributed by atoms with Crippen LogP contribution in [-0.4, -0.2) is 18.6 Å². The zero-order valence-electron chi connectivity index (χ0n) is 12.2. The Bertz CT molecular complexity index is 547. The van der Waals surface area contributed by atoms with E-state index >= 15 is 0 Å². The summed E-state index contributed by atoms with van der Waals surface area (Å²) < 4.78 is 5.09. The molecule has 0 radical (unpaired) electrons. The van der Waals surface area contributed by atoms with Gasteiger partial charge in [0.25, 0.3) is 0 Å². The van der Waals surface area contributed by atoms with Crippen LogP contribution in [0.1, 0.15) is 17.0 Å². The van der Waals surface area contributed by atoms with E-state index in [9.17, 15) is 4.79 Å². The summed E-state index contributed by atoms with van der Waals surface area (Å²) in [7, 11) is 0. The minimum atomic E-state index is -0.755. The van der Waals surface area contributed by atoms with Gasteiger partial charge in [0.1, 0.15) is 12.6 Å². The molecule has 0 spiro atoms. The van der Waals surface area contributed by atoms with Gasteiger partial charge < -0.3 is 10.5 Å². The molecule has 0 saturated heterocycles.